The van der Waals surface area contributed by atoms with Gasteiger partial charge in [-0.15, -0.1) is 0 Å². The molecule has 0 aromatic heterocycles. The lowest BCUT2D eigenvalue weighted by Crippen LogP contribution is -2.20. The number of urea groups is 1. The first-order valence-electron chi connectivity index (χ1n) is 12.7. The minimum atomic E-state index is -1.29. The van der Waals surface area contributed by atoms with Crippen molar-refractivity contribution < 1.29 is 24.6 Å². The third-order valence-electron chi connectivity index (χ3n) is 5.69. The number of carboxylic acid groups (broad SMARTS) is 2. The maximum absolute atomic E-state index is 12.4. The van der Waals surface area contributed by atoms with Crippen LogP contribution in [-0.4, -0.2) is 28.2 Å². The van der Waals surface area contributed by atoms with Crippen LogP contribution in [0.15, 0.2) is 42.5 Å². The van der Waals surface area contributed by atoms with Crippen LogP contribution in [0.3, 0.4) is 0 Å². The molecule has 192 valence electrons. The van der Waals surface area contributed by atoms with Crippen molar-refractivity contribution in [2.75, 3.05) is 10.6 Å². The smallest absolute Gasteiger partial charge is 0.335 e. The third kappa shape index (κ3) is 11.1. The molecule has 4 N–H and O–H groups in total. The molecule has 0 bridgehead atoms. The van der Waals surface area contributed by atoms with Crippen LogP contribution in [0.4, 0.5) is 16.2 Å². The highest BCUT2D eigenvalue weighted by Crippen LogP contribution is 2.17. The van der Waals surface area contributed by atoms with Gasteiger partial charge in [0.05, 0.1) is 11.1 Å². The van der Waals surface area contributed by atoms with Gasteiger partial charge in [-0.2, -0.15) is 0 Å². The first-order valence-corrected chi connectivity index (χ1v) is 12.7. The largest absolute Gasteiger partial charge is 0.478 e. The van der Waals surface area contributed by atoms with Gasteiger partial charge in [0.1, 0.15) is 0 Å². The van der Waals surface area contributed by atoms with E-state index >= 15 is 0 Å². The van der Waals surface area contributed by atoms with Gasteiger partial charge in [0.2, 0.25) is 0 Å². The number of carbonyl (C=O) groups excluding carboxylic acids is 1. The molecule has 0 unspecified atom stereocenters. The zero-order chi connectivity index (χ0) is 26.2. The number of rotatable bonds is 14. The van der Waals surface area contributed by atoms with Gasteiger partial charge in [-0.25, -0.2) is 14.4 Å². The highest BCUT2D eigenvalue weighted by molar-refractivity contribution is 6.02. The van der Waals surface area contributed by atoms with Crippen LogP contribution >= 0.6 is 0 Å². The van der Waals surface area contributed by atoms with Crippen LogP contribution in [0.25, 0.3) is 0 Å². The summed E-state index contributed by atoms with van der Waals surface area (Å²) in [6.45, 7) is 2.24. The zero-order valence-electron chi connectivity index (χ0n) is 20.9. The number of anilines is 2. The van der Waals surface area contributed by atoms with Crippen LogP contribution in [0.2, 0.25) is 0 Å². The second-order valence-corrected chi connectivity index (χ2v) is 8.80. The molecule has 2 rings (SSSR count). The molecule has 7 heteroatoms. The predicted octanol–water partition coefficient (Wildman–Crippen LogP) is 7.39. The minimum absolute atomic E-state index is 0.0669. The number of nitrogens with one attached hydrogen (secondary N) is 2. The summed E-state index contributed by atoms with van der Waals surface area (Å²) in [4.78, 5) is 34.8. The molecule has 0 saturated carbocycles. The number of benzene rings is 2. The van der Waals surface area contributed by atoms with Crippen LogP contribution in [0, 0.1) is 11.8 Å². The number of unbranched alkanes of at least 4 members (excludes halogenated alkanes) is 10. The average Bonchev–Trinajstić information content (AvgIpc) is 2.84. The quantitative estimate of drug-likeness (QED) is 0.162. The molecular formula is C29H36N2O5. The van der Waals surface area contributed by atoms with E-state index in [2.05, 4.69) is 29.4 Å². The molecule has 7 nitrogen and oxygen atoms in total. The Morgan fingerprint density at radius 2 is 1.28 bits per heavy atom. The van der Waals surface area contributed by atoms with Gasteiger partial charge < -0.3 is 20.8 Å². The number of hydrogen-bond donors (Lipinski definition) is 4. The summed E-state index contributed by atoms with van der Waals surface area (Å²) in [5, 5.41) is 23.5. The maximum atomic E-state index is 12.4. The van der Waals surface area contributed by atoms with E-state index in [1.807, 2.05) is 6.07 Å². The Labute approximate surface area is 213 Å². The van der Waals surface area contributed by atoms with E-state index in [9.17, 15) is 14.4 Å². The lowest BCUT2D eigenvalue weighted by Gasteiger charge is -2.09. The van der Waals surface area contributed by atoms with Crippen LogP contribution in [-0.2, 0) is 0 Å². The molecule has 0 heterocycles. The minimum Gasteiger partial charge on any atom is -0.478 e. The Morgan fingerprint density at radius 1 is 0.722 bits per heavy atom. The van der Waals surface area contributed by atoms with Crippen molar-refractivity contribution in [2.24, 2.45) is 0 Å². The van der Waals surface area contributed by atoms with Gasteiger partial charge in [-0.05, 0) is 42.8 Å². The summed E-state index contributed by atoms with van der Waals surface area (Å²) < 4.78 is 0. The van der Waals surface area contributed by atoms with Gasteiger partial charge in [0.15, 0.2) is 0 Å². The molecule has 0 atom stereocenters. The Hall–Kier alpha value is -3.79. The van der Waals surface area contributed by atoms with E-state index in [1.165, 1.54) is 69.9 Å². The normalized spacial score (nSPS) is 10.2. The number of aromatic carboxylic acids is 2. The van der Waals surface area contributed by atoms with Crippen LogP contribution in [0.5, 0.6) is 0 Å². The molecular weight excluding hydrogens is 456 g/mol. The summed E-state index contributed by atoms with van der Waals surface area (Å²) in [5.74, 6) is 3.74. The zero-order valence-corrected chi connectivity index (χ0v) is 20.9. The van der Waals surface area contributed by atoms with E-state index in [0.717, 1.165) is 24.5 Å². The molecule has 2 amide bonds. The van der Waals surface area contributed by atoms with E-state index in [-0.39, 0.29) is 16.8 Å². The Kier molecular flexibility index (Phi) is 12.6. The summed E-state index contributed by atoms with van der Waals surface area (Å²) in [7, 11) is 0. The summed E-state index contributed by atoms with van der Waals surface area (Å²) in [6, 6.07) is 9.92. The SMILES string of the molecule is CCCCCCCCCCCCC#Cc1cccc(NC(=O)Nc2cc(C(=O)O)cc(C(=O)O)c2)c1. The van der Waals surface area contributed by atoms with Gasteiger partial charge in [0, 0.05) is 23.4 Å². The second-order valence-electron chi connectivity index (χ2n) is 8.80. The van der Waals surface area contributed by atoms with Crippen molar-refractivity contribution in [3.8, 4) is 11.8 Å². The predicted molar refractivity (Wildman–Crippen MR) is 143 cm³/mol. The van der Waals surface area contributed by atoms with Crippen molar-refractivity contribution in [3.05, 3.63) is 59.2 Å². The van der Waals surface area contributed by atoms with Crippen molar-refractivity contribution in [1.82, 2.24) is 0 Å². The van der Waals surface area contributed by atoms with E-state index in [1.54, 1.807) is 18.2 Å². The fourth-order valence-corrected chi connectivity index (χ4v) is 3.78. The van der Waals surface area contributed by atoms with Crippen LogP contribution < -0.4 is 10.6 Å². The monoisotopic (exact) mass is 492 g/mol. The summed E-state index contributed by atoms with van der Waals surface area (Å²) >= 11 is 0. The molecule has 36 heavy (non-hydrogen) atoms. The number of hydrogen-bond acceptors (Lipinski definition) is 3. The first-order chi connectivity index (χ1) is 17.4. The molecule has 0 aliphatic heterocycles. The highest BCUT2D eigenvalue weighted by atomic mass is 16.4. The molecule has 0 aliphatic rings. The van der Waals surface area contributed by atoms with Crippen molar-refractivity contribution in [1.29, 1.82) is 0 Å². The fourth-order valence-electron chi connectivity index (χ4n) is 3.78. The molecule has 0 aliphatic carbocycles. The molecule has 0 radical (unpaired) electrons. The topological polar surface area (TPSA) is 116 Å². The average molecular weight is 493 g/mol. The fraction of sp³-hybridized carbons (Fsp3) is 0.414. The van der Waals surface area contributed by atoms with E-state index in [4.69, 9.17) is 10.2 Å². The molecule has 2 aromatic carbocycles. The van der Waals surface area contributed by atoms with E-state index < -0.39 is 18.0 Å². The maximum Gasteiger partial charge on any atom is 0.335 e. The summed E-state index contributed by atoms with van der Waals surface area (Å²) in [5.41, 5.74) is 0.902. The molecule has 0 spiro atoms. The van der Waals surface area contributed by atoms with Gasteiger partial charge >= 0.3 is 18.0 Å². The second kappa shape index (κ2) is 16.0. The lowest BCUT2D eigenvalue weighted by atomic mass is 10.1. The number of amides is 2. The Morgan fingerprint density at radius 3 is 1.86 bits per heavy atom. The lowest BCUT2D eigenvalue weighted by molar-refractivity contribution is 0.0696. The van der Waals surface area contributed by atoms with Crippen molar-refractivity contribution in [2.45, 2.75) is 77.6 Å². The van der Waals surface area contributed by atoms with Crippen LogP contribution in [0.1, 0.15) is 104 Å². The van der Waals surface area contributed by atoms with Gasteiger partial charge in [-0.3, -0.25) is 0 Å². The molecule has 0 saturated heterocycles. The Balaban J connectivity index is 1.78. The standard InChI is InChI=1S/C29H36N2O5/c1-2-3-4-5-6-7-8-9-10-11-12-13-15-22-16-14-17-25(18-22)30-29(36)31-26-20-23(27(32)33)19-24(21-26)28(34)35/h14,16-21H,2-12H2,1H3,(H,32,33)(H,34,35)(H2,30,31,36). The van der Waals surface area contributed by atoms with Crippen molar-refractivity contribution in [3.63, 3.8) is 0 Å². The van der Waals surface area contributed by atoms with Gasteiger partial charge in [-0.1, -0.05) is 82.6 Å². The molecule has 2 aromatic rings. The van der Waals surface area contributed by atoms with Gasteiger partial charge in [0.25, 0.3) is 0 Å². The third-order valence-corrected chi connectivity index (χ3v) is 5.69. The first kappa shape index (κ1) is 28.4. The Bertz CT molecular complexity index is 1050. The molecule has 0 fully saturated rings. The number of carboxylic acids is 2. The highest BCUT2D eigenvalue weighted by Gasteiger charge is 2.13. The summed E-state index contributed by atoms with van der Waals surface area (Å²) in [6.07, 6.45) is 13.7. The number of carbonyl (C=O) groups is 3. The van der Waals surface area contributed by atoms with E-state index in [0.29, 0.717) is 5.69 Å². The van der Waals surface area contributed by atoms with Crippen molar-refractivity contribution >= 4 is 29.3 Å².